The Morgan fingerprint density at radius 1 is 1.30 bits per heavy atom. The number of aliphatic carboxylic acids is 1. The minimum atomic E-state index is -0.991. The summed E-state index contributed by atoms with van der Waals surface area (Å²) >= 11 is 0. The molecule has 1 aromatic carbocycles. The number of amides is 1. The Bertz CT molecular complexity index is 668. The van der Waals surface area contributed by atoms with Crippen LogP contribution in [0.4, 0.5) is 0 Å². The topological polar surface area (TPSA) is 135 Å². The van der Waals surface area contributed by atoms with Crippen molar-refractivity contribution in [2.24, 2.45) is 10.9 Å². The van der Waals surface area contributed by atoms with Crippen molar-refractivity contribution in [1.29, 1.82) is 0 Å². The number of carbonyl (C=O) groups is 2. The van der Waals surface area contributed by atoms with Gasteiger partial charge in [0.05, 0.1) is 12.7 Å². The molecule has 27 heavy (non-hydrogen) atoms. The number of oxime groups is 1. The number of hydrogen-bond donors (Lipinski definition) is 3. The number of benzene rings is 1. The van der Waals surface area contributed by atoms with Gasteiger partial charge in [0.15, 0.2) is 5.84 Å². The Labute approximate surface area is 157 Å². The molecule has 1 aliphatic heterocycles. The number of amidine groups is 1. The molecule has 1 fully saturated rings. The fraction of sp³-hybridized carbons (Fsp3) is 0.500. The zero-order valence-electron chi connectivity index (χ0n) is 15.2. The zero-order chi connectivity index (χ0) is 19.8. The average Bonchev–Trinajstić information content (AvgIpc) is 2.70. The highest BCUT2D eigenvalue weighted by atomic mass is 16.5. The summed E-state index contributed by atoms with van der Waals surface area (Å²) in [5.74, 6) is -1.06. The molecule has 9 heteroatoms. The highest BCUT2D eigenvalue weighted by Crippen LogP contribution is 2.16. The number of likely N-dealkylation sites (tertiary alicyclic amines) is 1. The fourth-order valence-corrected chi connectivity index (χ4v) is 2.81. The molecule has 0 saturated carbocycles. The lowest BCUT2D eigenvalue weighted by Gasteiger charge is -2.33. The number of rotatable bonds is 8. The maximum atomic E-state index is 12.5. The lowest BCUT2D eigenvalue weighted by molar-refractivity contribution is -0.150. The van der Waals surface area contributed by atoms with Crippen molar-refractivity contribution in [1.82, 2.24) is 4.90 Å². The van der Waals surface area contributed by atoms with Crippen molar-refractivity contribution in [3.05, 3.63) is 35.4 Å². The Morgan fingerprint density at radius 2 is 1.93 bits per heavy atom. The van der Waals surface area contributed by atoms with Gasteiger partial charge in [0.25, 0.3) is 5.91 Å². The molecule has 2 rings (SSSR count). The van der Waals surface area contributed by atoms with Crippen molar-refractivity contribution >= 4 is 17.7 Å². The summed E-state index contributed by atoms with van der Waals surface area (Å²) in [7, 11) is 0. The molecule has 0 spiro atoms. The molecule has 0 unspecified atom stereocenters. The summed E-state index contributed by atoms with van der Waals surface area (Å²) in [5, 5.41) is 20.2. The van der Waals surface area contributed by atoms with Crippen LogP contribution in [0.5, 0.6) is 0 Å². The van der Waals surface area contributed by atoms with Crippen LogP contribution in [0.3, 0.4) is 0 Å². The third-order valence-electron chi connectivity index (χ3n) is 4.40. The van der Waals surface area contributed by atoms with E-state index in [1.807, 2.05) is 0 Å². The number of carboxylic acid groups (broad SMARTS) is 1. The maximum Gasteiger partial charge on any atom is 0.329 e. The molecule has 1 heterocycles. The van der Waals surface area contributed by atoms with E-state index in [0.29, 0.717) is 31.5 Å². The van der Waals surface area contributed by atoms with E-state index in [0.717, 1.165) is 5.56 Å². The average molecular weight is 379 g/mol. The summed E-state index contributed by atoms with van der Waals surface area (Å²) in [6.07, 6.45) is 0.502. The molecule has 1 atom stereocenters. The van der Waals surface area contributed by atoms with Gasteiger partial charge in [-0.25, -0.2) is 4.79 Å². The minimum absolute atomic E-state index is 0.0294. The van der Waals surface area contributed by atoms with Crippen LogP contribution in [0.2, 0.25) is 0 Å². The highest BCUT2D eigenvalue weighted by Gasteiger charge is 2.27. The van der Waals surface area contributed by atoms with Gasteiger partial charge in [0, 0.05) is 18.7 Å². The standard InChI is InChI=1S/C18H25N3O6/c1-12(26-10-13-2-4-14(5-3-13)17(19)20-25)18(24)21-8-6-15(7-9-21)27-11-16(22)23/h2-5,12,15,25H,6-11H2,1H3,(H2,19,20)(H,22,23)/t12-/m0/s1. The smallest absolute Gasteiger partial charge is 0.329 e. The summed E-state index contributed by atoms with van der Waals surface area (Å²) in [5.41, 5.74) is 6.97. The minimum Gasteiger partial charge on any atom is -0.480 e. The molecule has 148 valence electrons. The van der Waals surface area contributed by atoms with Crippen LogP contribution in [-0.2, 0) is 25.7 Å². The number of carbonyl (C=O) groups excluding carboxylic acids is 1. The van der Waals surface area contributed by atoms with E-state index in [2.05, 4.69) is 5.16 Å². The second-order valence-corrected chi connectivity index (χ2v) is 6.36. The largest absolute Gasteiger partial charge is 0.480 e. The van der Waals surface area contributed by atoms with Gasteiger partial charge in [0.1, 0.15) is 12.7 Å². The van der Waals surface area contributed by atoms with E-state index in [4.69, 9.17) is 25.5 Å². The highest BCUT2D eigenvalue weighted by molar-refractivity contribution is 5.96. The van der Waals surface area contributed by atoms with Crippen molar-refractivity contribution in [2.75, 3.05) is 19.7 Å². The Balaban J connectivity index is 1.76. The predicted octanol–water partition coefficient (Wildman–Crippen LogP) is 0.778. The van der Waals surface area contributed by atoms with E-state index in [9.17, 15) is 9.59 Å². The molecule has 4 N–H and O–H groups in total. The molecule has 1 amide bonds. The van der Waals surface area contributed by atoms with Crippen LogP contribution >= 0.6 is 0 Å². The van der Waals surface area contributed by atoms with Crippen LogP contribution in [0.1, 0.15) is 30.9 Å². The SMILES string of the molecule is C[C@H](OCc1ccc(C(N)=NO)cc1)C(=O)N1CCC(OCC(=O)O)CC1. The Hall–Kier alpha value is -2.65. The van der Waals surface area contributed by atoms with Crippen LogP contribution < -0.4 is 5.73 Å². The van der Waals surface area contributed by atoms with Crippen LogP contribution in [0.15, 0.2) is 29.4 Å². The first-order valence-corrected chi connectivity index (χ1v) is 8.71. The lowest BCUT2D eigenvalue weighted by atomic mass is 10.1. The first-order valence-electron chi connectivity index (χ1n) is 8.71. The third-order valence-corrected chi connectivity index (χ3v) is 4.40. The van der Waals surface area contributed by atoms with E-state index in [1.165, 1.54) is 0 Å². The predicted molar refractivity (Wildman–Crippen MR) is 96.4 cm³/mol. The van der Waals surface area contributed by atoms with E-state index < -0.39 is 12.1 Å². The van der Waals surface area contributed by atoms with Gasteiger partial charge in [-0.2, -0.15) is 0 Å². The summed E-state index contributed by atoms with van der Waals surface area (Å²) in [4.78, 5) is 24.7. The third kappa shape index (κ3) is 6.22. The number of carboxylic acids is 1. The van der Waals surface area contributed by atoms with Gasteiger partial charge in [-0.15, -0.1) is 0 Å². The van der Waals surface area contributed by atoms with Crippen LogP contribution in [0.25, 0.3) is 0 Å². The van der Waals surface area contributed by atoms with Crippen LogP contribution in [-0.4, -0.2) is 64.8 Å². The summed E-state index contributed by atoms with van der Waals surface area (Å²) in [6.45, 7) is 2.70. The van der Waals surface area contributed by atoms with Gasteiger partial charge in [-0.1, -0.05) is 29.4 Å². The van der Waals surface area contributed by atoms with Crippen LogP contribution in [0, 0.1) is 0 Å². The van der Waals surface area contributed by atoms with Crippen molar-refractivity contribution in [3.8, 4) is 0 Å². The summed E-state index contributed by atoms with van der Waals surface area (Å²) in [6, 6.07) is 7.00. The Morgan fingerprint density at radius 3 is 2.48 bits per heavy atom. The molecular weight excluding hydrogens is 354 g/mol. The van der Waals surface area contributed by atoms with Gasteiger partial charge in [-0.3, -0.25) is 4.79 Å². The van der Waals surface area contributed by atoms with Gasteiger partial charge >= 0.3 is 5.97 Å². The van der Waals surface area contributed by atoms with E-state index >= 15 is 0 Å². The number of ether oxygens (including phenoxy) is 2. The molecule has 1 aliphatic rings. The first kappa shape index (κ1) is 20.7. The van der Waals surface area contributed by atoms with E-state index in [-0.39, 0.29) is 31.1 Å². The molecule has 1 saturated heterocycles. The second-order valence-electron chi connectivity index (χ2n) is 6.36. The Kier molecular flexibility index (Phi) is 7.56. The maximum absolute atomic E-state index is 12.5. The molecular formula is C18H25N3O6. The number of nitrogens with two attached hydrogens (primary N) is 1. The van der Waals surface area contributed by atoms with Gasteiger partial charge < -0.3 is 30.4 Å². The monoisotopic (exact) mass is 379 g/mol. The normalized spacial score (nSPS) is 16.9. The van der Waals surface area contributed by atoms with Gasteiger partial charge in [-0.05, 0) is 25.3 Å². The number of nitrogens with zero attached hydrogens (tertiary/aromatic N) is 2. The summed E-state index contributed by atoms with van der Waals surface area (Å²) < 4.78 is 10.9. The molecule has 1 aromatic rings. The molecule has 0 aliphatic carbocycles. The zero-order valence-corrected chi connectivity index (χ0v) is 15.2. The lowest BCUT2D eigenvalue weighted by Crippen LogP contribution is -2.45. The number of piperidine rings is 1. The fourth-order valence-electron chi connectivity index (χ4n) is 2.81. The molecule has 0 aromatic heterocycles. The van der Waals surface area contributed by atoms with E-state index in [1.54, 1.807) is 36.1 Å². The molecule has 0 radical (unpaired) electrons. The quantitative estimate of drug-likeness (QED) is 0.263. The molecule has 9 nitrogen and oxygen atoms in total. The van der Waals surface area contributed by atoms with Gasteiger partial charge in [0.2, 0.25) is 0 Å². The van der Waals surface area contributed by atoms with Crippen molar-refractivity contribution < 1.29 is 29.4 Å². The van der Waals surface area contributed by atoms with Crippen molar-refractivity contribution in [3.63, 3.8) is 0 Å². The second kappa shape index (κ2) is 9.89. The number of hydrogen-bond acceptors (Lipinski definition) is 6. The molecule has 0 bridgehead atoms. The first-order chi connectivity index (χ1) is 12.9. The van der Waals surface area contributed by atoms with Crippen molar-refractivity contribution in [2.45, 2.75) is 38.6 Å².